The summed E-state index contributed by atoms with van der Waals surface area (Å²) in [7, 11) is 2.09. The van der Waals surface area contributed by atoms with E-state index < -0.39 is 0 Å². The van der Waals surface area contributed by atoms with Crippen molar-refractivity contribution in [3.05, 3.63) is 23.4 Å². The van der Waals surface area contributed by atoms with Gasteiger partial charge in [-0.15, -0.1) is 0 Å². The van der Waals surface area contributed by atoms with Crippen LogP contribution in [0.15, 0.2) is 12.1 Å². The lowest BCUT2D eigenvalue weighted by molar-refractivity contribution is 0.172. The first-order valence-corrected chi connectivity index (χ1v) is 7.05. The molecule has 4 heteroatoms. The summed E-state index contributed by atoms with van der Waals surface area (Å²) in [6.45, 7) is 8.36. The molecule has 3 rings (SSSR count). The van der Waals surface area contributed by atoms with Gasteiger partial charge in [0, 0.05) is 36.2 Å². The third-order valence-corrected chi connectivity index (χ3v) is 4.34. The standard InChI is InChI=1S/C16H22N2O2/c1-10-15(16(2,3)9-17)11-7-13-14(20-6-5-19-13)8-12(11)18(10)4/h7-8H,5-6,9,17H2,1-4H3. The second-order valence-corrected chi connectivity index (χ2v) is 6.12. The Morgan fingerprint density at radius 3 is 2.40 bits per heavy atom. The van der Waals surface area contributed by atoms with Crippen molar-refractivity contribution >= 4 is 10.9 Å². The maximum atomic E-state index is 5.98. The maximum Gasteiger partial charge on any atom is 0.163 e. The lowest BCUT2D eigenvalue weighted by Gasteiger charge is -2.24. The summed E-state index contributed by atoms with van der Waals surface area (Å²) in [6, 6.07) is 4.18. The number of hydrogen-bond acceptors (Lipinski definition) is 3. The van der Waals surface area contributed by atoms with E-state index in [9.17, 15) is 0 Å². The van der Waals surface area contributed by atoms with Gasteiger partial charge in [0.05, 0.1) is 5.52 Å². The average Bonchev–Trinajstić information content (AvgIpc) is 2.69. The van der Waals surface area contributed by atoms with Crippen molar-refractivity contribution in [2.24, 2.45) is 12.8 Å². The molecule has 0 bridgehead atoms. The minimum atomic E-state index is -0.0621. The summed E-state index contributed by atoms with van der Waals surface area (Å²) in [5, 5.41) is 1.21. The quantitative estimate of drug-likeness (QED) is 0.915. The zero-order valence-corrected chi connectivity index (χ0v) is 12.6. The molecule has 20 heavy (non-hydrogen) atoms. The molecular weight excluding hydrogens is 252 g/mol. The smallest absolute Gasteiger partial charge is 0.163 e. The Hall–Kier alpha value is -1.68. The van der Waals surface area contributed by atoms with Gasteiger partial charge in [0.25, 0.3) is 0 Å². The van der Waals surface area contributed by atoms with Gasteiger partial charge in [0.15, 0.2) is 11.5 Å². The zero-order valence-electron chi connectivity index (χ0n) is 12.6. The summed E-state index contributed by atoms with van der Waals surface area (Å²) < 4.78 is 13.6. The topological polar surface area (TPSA) is 49.4 Å². The lowest BCUT2D eigenvalue weighted by Crippen LogP contribution is -2.28. The summed E-state index contributed by atoms with van der Waals surface area (Å²) in [5.41, 5.74) is 9.64. The van der Waals surface area contributed by atoms with Crippen LogP contribution in [0.4, 0.5) is 0 Å². The highest BCUT2D eigenvalue weighted by Crippen LogP contribution is 2.41. The van der Waals surface area contributed by atoms with E-state index in [1.165, 1.54) is 22.2 Å². The molecule has 1 aliphatic rings. The molecule has 0 saturated heterocycles. The van der Waals surface area contributed by atoms with E-state index in [1.54, 1.807) is 0 Å². The van der Waals surface area contributed by atoms with Gasteiger partial charge < -0.3 is 19.8 Å². The molecule has 4 nitrogen and oxygen atoms in total. The zero-order chi connectivity index (χ0) is 14.5. The fourth-order valence-corrected chi connectivity index (χ4v) is 3.06. The van der Waals surface area contributed by atoms with Gasteiger partial charge in [0.1, 0.15) is 13.2 Å². The first-order valence-electron chi connectivity index (χ1n) is 7.05. The molecule has 0 fully saturated rings. The molecule has 2 N–H and O–H groups in total. The first kappa shape index (κ1) is 13.3. The van der Waals surface area contributed by atoms with Crippen molar-refractivity contribution in [2.45, 2.75) is 26.2 Å². The van der Waals surface area contributed by atoms with Crippen LogP contribution in [0.2, 0.25) is 0 Å². The Kier molecular flexibility index (Phi) is 2.94. The molecule has 0 atom stereocenters. The van der Waals surface area contributed by atoms with Crippen LogP contribution in [0.25, 0.3) is 10.9 Å². The number of rotatable bonds is 2. The SMILES string of the molecule is Cc1c(C(C)(C)CN)c2cc3c(cc2n1C)OCCO3. The minimum absolute atomic E-state index is 0.0621. The van der Waals surface area contributed by atoms with E-state index in [2.05, 4.69) is 44.5 Å². The van der Waals surface area contributed by atoms with Gasteiger partial charge in [0.2, 0.25) is 0 Å². The van der Waals surface area contributed by atoms with E-state index >= 15 is 0 Å². The van der Waals surface area contributed by atoms with E-state index in [0.717, 1.165) is 11.5 Å². The van der Waals surface area contributed by atoms with E-state index in [1.807, 2.05) is 0 Å². The molecule has 2 aromatic rings. The van der Waals surface area contributed by atoms with Gasteiger partial charge >= 0.3 is 0 Å². The first-order chi connectivity index (χ1) is 9.45. The summed E-state index contributed by atoms with van der Waals surface area (Å²) in [6.07, 6.45) is 0. The molecule has 0 radical (unpaired) electrons. The number of aromatic nitrogens is 1. The number of aryl methyl sites for hydroxylation is 1. The highest BCUT2D eigenvalue weighted by molar-refractivity contribution is 5.89. The number of nitrogens with zero attached hydrogens (tertiary/aromatic N) is 1. The normalized spacial score (nSPS) is 14.8. The predicted octanol–water partition coefficient (Wildman–Crippen LogP) is 2.49. The van der Waals surface area contributed by atoms with Crippen LogP contribution in [-0.4, -0.2) is 24.3 Å². The van der Waals surface area contributed by atoms with Crippen LogP contribution >= 0.6 is 0 Å². The van der Waals surface area contributed by atoms with Crippen LogP contribution in [0.3, 0.4) is 0 Å². The van der Waals surface area contributed by atoms with Gasteiger partial charge in [-0.1, -0.05) is 13.8 Å². The van der Waals surface area contributed by atoms with Crippen LogP contribution in [0.1, 0.15) is 25.1 Å². The third kappa shape index (κ3) is 1.79. The van der Waals surface area contributed by atoms with Gasteiger partial charge in [-0.2, -0.15) is 0 Å². The predicted molar refractivity (Wildman–Crippen MR) is 80.7 cm³/mol. The number of nitrogens with two attached hydrogens (primary N) is 1. The van der Waals surface area contributed by atoms with E-state index in [4.69, 9.17) is 15.2 Å². The Labute approximate surface area is 119 Å². The molecule has 0 spiro atoms. The van der Waals surface area contributed by atoms with Gasteiger partial charge in [-0.05, 0) is 18.6 Å². The highest BCUT2D eigenvalue weighted by atomic mass is 16.6. The van der Waals surface area contributed by atoms with Crippen molar-refractivity contribution in [3.8, 4) is 11.5 Å². The van der Waals surface area contributed by atoms with E-state index in [-0.39, 0.29) is 5.41 Å². The highest BCUT2D eigenvalue weighted by Gasteiger charge is 2.28. The van der Waals surface area contributed by atoms with Crippen molar-refractivity contribution in [1.82, 2.24) is 4.57 Å². The fourth-order valence-electron chi connectivity index (χ4n) is 3.06. The van der Waals surface area contributed by atoms with Crippen molar-refractivity contribution in [2.75, 3.05) is 19.8 Å². The molecule has 1 aromatic heterocycles. The molecule has 1 aromatic carbocycles. The summed E-state index contributed by atoms with van der Waals surface area (Å²) in [4.78, 5) is 0. The molecule has 0 aliphatic carbocycles. The lowest BCUT2D eigenvalue weighted by atomic mass is 9.83. The summed E-state index contributed by atoms with van der Waals surface area (Å²) >= 11 is 0. The van der Waals surface area contributed by atoms with Crippen LogP contribution in [0, 0.1) is 6.92 Å². The minimum Gasteiger partial charge on any atom is -0.486 e. The molecule has 0 unspecified atom stereocenters. The molecule has 1 aliphatic heterocycles. The van der Waals surface area contributed by atoms with Crippen LogP contribution in [0.5, 0.6) is 11.5 Å². The number of ether oxygens (including phenoxy) is 2. The largest absolute Gasteiger partial charge is 0.486 e. The number of fused-ring (bicyclic) bond motifs is 2. The second-order valence-electron chi connectivity index (χ2n) is 6.12. The van der Waals surface area contributed by atoms with Crippen LogP contribution < -0.4 is 15.2 Å². The Bertz CT molecular complexity index is 671. The Morgan fingerprint density at radius 2 is 1.80 bits per heavy atom. The second kappa shape index (κ2) is 4.42. The monoisotopic (exact) mass is 274 g/mol. The molecule has 108 valence electrons. The van der Waals surface area contributed by atoms with E-state index in [0.29, 0.717) is 19.8 Å². The number of benzene rings is 1. The van der Waals surface area contributed by atoms with Gasteiger partial charge in [-0.3, -0.25) is 0 Å². The Morgan fingerprint density at radius 1 is 1.20 bits per heavy atom. The molecule has 0 saturated carbocycles. The fraction of sp³-hybridized carbons (Fsp3) is 0.500. The third-order valence-electron chi connectivity index (χ3n) is 4.34. The average molecular weight is 274 g/mol. The summed E-state index contributed by atoms with van der Waals surface area (Å²) in [5.74, 6) is 1.67. The van der Waals surface area contributed by atoms with Crippen molar-refractivity contribution in [3.63, 3.8) is 0 Å². The Balaban J connectivity index is 2.33. The maximum absolute atomic E-state index is 5.98. The van der Waals surface area contributed by atoms with Gasteiger partial charge in [-0.25, -0.2) is 0 Å². The number of hydrogen-bond donors (Lipinski definition) is 1. The molecular formula is C16H22N2O2. The molecule has 2 heterocycles. The van der Waals surface area contributed by atoms with Crippen molar-refractivity contribution in [1.29, 1.82) is 0 Å². The molecule has 0 amide bonds. The van der Waals surface area contributed by atoms with Crippen molar-refractivity contribution < 1.29 is 9.47 Å². The van der Waals surface area contributed by atoms with Crippen LogP contribution in [-0.2, 0) is 12.5 Å².